The van der Waals surface area contributed by atoms with Crippen LogP contribution in [-0.2, 0) is 4.79 Å². The van der Waals surface area contributed by atoms with Gasteiger partial charge in [0, 0.05) is 17.1 Å². The largest absolute Gasteiger partial charge is 0.455 e. The summed E-state index contributed by atoms with van der Waals surface area (Å²) in [5, 5.41) is 2.00. The van der Waals surface area contributed by atoms with E-state index in [1.165, 1.54) is 5.56 Å². The minimum atomic E-state index is -0.106. The minimum Gasteiger partial charge on any atom is -0.455 e. The number of ether oxygens (including phenoxy) is 1. The summed E-state index contributed by atoms with van der Waals surface area (Å²) in [5.41, 5.74) is 4.02. The van der Waals surface area contributed by atoms with Gasteiger partial charge in [0.25, 0.3) is 0 Å². The molecule has 0 fully saturated rings. The monoisotopic (exact) mass is 332 g/mol. The Hall–Kier alpha value is -2.65. The molecule has 0 saturated heterocycles. The van der Waals surface area contributed by atoms with Gasteiger partial charge < -0.3 is 4.74 Å². The van der Waals surface area contributed by atoms with Gasteiger partial charge in [-0.1, -0.05) is 54.1 Å². The molecule has 0 amide bonds. The summed E-state index contributed by atoms with van der Waals surface area (Å²) >= 11 is 1.58. The third kappa shape index (κ3) is 2.47. The molecular weight excluding hydrogens is 316 g/mol. The first-order valence-corrected chi connectivity index (χ1v) is 8.72. The van der Waals surface area contributed by atoms with Crippen LogP contribution >= 0.6 is 11.3 Å². The van der Waals surface area contributed by atoms with Gasteiger partial charge >= 0.3 is 0 Å². The average molecular weight is 332 g/mol. The Morgan fingerprint density at radius 2 is 1.79 bits per heavy atom. The van der Waals surface area contributed by atoms with E-state index in [4.69, 9.17) is 4.74 Å². The molecule has 1 aromatic heterocycles. The second-order valence-corrected chi connectivity index (χ2v) is 6.81. The molecule has 1 atom stereocenters. The second-order valence-electron chi connectivity index (χ2n) is 5.86. The topological polar surface area (TPSA) is 26.3 Å². The summed E-state index contributed by atoms with van der Waals surface area (Å²) in [7, 11) is 0. The number of aryl methyl sites for hydroxylation is 1. The van der Waals surface area contributed by atoms with E-state index in [9.17, 15) is 4.79 Å². The lowest BCUT2D eigenvalue weighted by Crippen LogP contribution is -2.16. The fourth-order valence-electron chi connectivity index (χ4n) is 3.12. The molecule has 2 nitrogen and oxygen atoms in total. The van der Waals surface area contributed by atoms with E-state index in [2.05, 4.69) is 31.2 Å². The van der Waals surface area contributed by atoms with Crippen LogP contribution in [0.25, 0.3) is 5.76 Å². The molecule has 0 bridgehead atoms. The molecule has 0 radical (unpaired) electrons. The van der Waals surface area contributed by atoms with E-state index in [0.717, 1.165) is 28.0 Å². The van der Waals surface area contributed by atoms with Crippen molar-refractivity contribution in [3.8, 4) is 5.75 Å². The number of carbonyl (C=O) groups excluding carboxylic acids is 1. The minimum absolute atomic E-state index is 0.106. The Morgan fingerprint density at radius 3 is 2.50 bits per heavy atom. The summed E-state index contributed by atoms with van der Waals surface area (Å²) in [6, 6.07) is 20.3. The standard InChI is InChI=1S/C21H16O2S/c1-14-8-10-15(11-9-14)20-16-5-2-3-6-18(16)23-21(17(20)13-22)19-7-4-12-24-19/h2-13,20H,1H3. The van der Waals surface area contributed by atoms with Crippen molar-refractivity contribution in [2.24, 2.45) is 0 Å². The molecule has 4 rings (SSSR count). The first kappa shape index (κ1) is 14.9. The maximum absolute atomic E-state index is 12.0. The Bertz CT molecular complexity index is 905. The first-order chi connectivity index (χ1) is 11.8. The lowest BCUT2D eigenvalue weighted by molar-refractivity contribution is -0.105. The van der Waals surface area contributed by atoms with Crippen LogP contribution in [0.2, 0.25) is 0 Å². The number of hydrogen-bond donors (Lipinski definition) is 0. The van der Waals surface area contributed by atoms with Crippen molar-refractivity contribution in [1.29, 1.82) is 0 Å². The highest BCUT2D eigenvalue weighted by atomic mass is 32.1. The Kier molecular flexibility index (Phi) is 3.79. The highest BCUT2D eigenvalue weighted by Gasteiger charge is 2.31. The van der Waals surface area contributed by atoms with Gasteiger partial charge in [-0.15, -0.1) is 11.3 Å². The molecule has 3 heteroatoms. The molecule has 24 heavy (non-hydrogen) atoms. The molecule has 1 aliphatic heterocycles. The van der Waals surface area contributed by atoms with Crippen LogP contribution in [0.1, 0.15) is 27.5 Å². The number of carbonyl (C=O) groups is 1. The number of para-hydroxylation sites is 1. The van der Waals surface area contributed by atoms with Gasteiger partial charge in [-0.3, -0.25) is 4.79 Å². The van der Waals surface area contributed by atoms with Gasteiger partial charge in [-0.2, -0.15) is 0 Å². The van der Waals surface area contributed by atoms with Crippen molar-refractivity contribution in [2.45, 2.75) is 12.8 Å². The summed E-state index contributed by atoms with van der Waals surface area (Å²) in [6.45, 7) is 2.06. The second kappa shape index (κ2) is 6.10. The fraction of sp³-hybridized carbons (Fsp3) is 0.0952. The molecule has 1 aliphatic rings. The van der Waals surface area contributed by atoms with Crippen LogP contribution in [0.4, 0.5) is 0 Å². The van der Waals surface area contributed by atoms with Crippen LogP contribution in [-0.4, -0.2) is 6.29 Å². The maximum atomic E-state index is 12.0. The number of fused-ring (bicyclic) bond motifs is 1. The van der Waals surface area contributed by atoms with Gasteiger partial charge in [0.2, 0.25) is 0 Å². The molecule has 118 valence electrons. The normalized spacial score (nSPS) is 16.5. The number of allylic oxidation sites excluding steroid dienone is 1. The summed E-state index contributed by atoms with van der Waals surface area (Å²) in [4.78, 5) is 13.0. The Labute approximate surface area is 145 Å². The van der Waals surface area contributed by atoms with Crippen molar-refractivity contribution >= 4 is 23.4 Å². The highest BCUT2D eigenvalue weighted by Crippen LogP contribution is 2.45. The Morgan fingerprint density at radius 1 is 1.00 bits per heavy atom. The van der Waals surface area contributed by atoms with E-state index in [1.807, 2.05) is 41.8 Å². The van der Waals surface area contributed by atoms with Gasteiger partial charge in [-0.05, 0) is 30.0 Å². The number of hydrogen-bond acceptors (Lipinski definition) is 3. The molecule has 1 unspecified atom stereocenters. The number of benzene rings is 2. The SMILES string of the molecule is Cc1ccc(C2C(C=O)=C(c3cccs3)Oc3ccccc32)cc1. The van der Waals surface area contributed by atoms with E-state index in [1.54, 1.807) is 11.3 Å². The maximum Gasteiger partial charge on any atom is 0.152 e. The smallest absolute Gasteiger partial charge is 0.152 e. The van der Waals surface area contributed by atoms with Crippen LogP contribution < -0.4 is 4.74 Å². The molecule has 2 aromatic carbocycles. The zero-order chi connectivity index (χ0) is 16.5. The van der Waals surface area contributed by atoms with Crippen LogP contribution in [0.3, 0.4) is 0 Å². The number of thiophene rings is 1. The molecule has 2 heterocycles. The van der Waals surface area contributed by atoms with Gasteiger partial charge in [-0.25, -0.2) is 0 Å². The van der Waals surface area contributed by atoms with Crippen LogP contribution in [0.5, 0.6) is 5.75 Å². The van der Waals surface area contributed by atoms with Crippen molar-refractivity contribution in [1.82, 2.24) is 0 Å². The van der Waals surface area contributed by atoms with E-state index >= 15 is 0 Å². The predicted molar refractivity (Wildman–Crippen MR) is 97.4 cm³/mol. The summed E-state index contributed by atoms with van der Waals surface area (Å²) in [6.07, 6.45) is 0.940. The lowest BCUT2D eigenvalue weighted by Gasteiger charge is -2.28. The van der Waals surface area contributed by atoms with Crippen molar-refractivity contribution in [2.75, 3.05) is 0 Å². The van der Waals surface area contributed by atoms with Crippen molar-refractivity contribution in [3.05, 3.63) is 93.2 Å². The zero-order valence-corrected chi connectivity index (χ0v) is 14.0. The quantitative estimate of drug-likeness (QED) is 0.617. The van der Waals surface area contributed by atoms with Gasteiger partial charge in [0.15, 0.2) is 12.0 Å². The highest BCUT2D eigenvalue weighted by molar-refractivity contribution is 7.11. The molecule has 0 saturated carbocycles. The van der Waals surface area contributed by atoms with Crippen molar-refractivity contribution in [3.63, 3.8) is 0 Å². The molecule has 0 N–H and O–H groups in total. The summed E-state index contributed by atoms with van der Waals surface area (Å²) < 4.78 is 6.11. The zero-order valence-electron chi connectivity index (χ0n) is 13.2. The lowest BCUT2D eigenvalue weighted by atomic mass is 9.82. The number of aldehydes is 1. The first-order valence-electron chi connectivity index (χ1n) is 7.84. The van der Waals surface area contributed by atoms with Crippen LogP contribution in [0.15, 0.2) is 71.6 Å². The predicted octanol–water partition coefficient (Wildman–Crippen LogP) is 5.19. The average Bonchev–Trinajstić information content (AvgIpc) is 3.15. The van der Waals surface area contributed by atoms with E-state index in [-0.39, 0.29) is 5.92 Å². The summed E-state index contributed by atoms with van der Waals surface area (Å²) in [5.74, 6) is 1.38. The Balaban J connectivity index is 1.95. The molecule has 3 aromatic rings. The van der Waals surface area contributed by atoms with Gasteiger partial charge in [0.05, 0.1) is 4.88 Å². The van der Waals surface area contributed by atoms with Gasteiger partial charge in [0.1, 0.15) is 5.75 Å². The van der Waals surface area contributed by atoms with E-state index in [0.29, 0.717) is 11.3 Å². The van der Waals surface area contributed by atoms with Crippen molar-refractivity contribution < 1.29 is 9.53 Å². The third-order valence-electron chi connectivity index (χ3n) is 4.30. The molecule has 0 spiro atoms. The molecule has 0 aliphatic carbocycles. The third-order valence-corrected chi connectivity index (χ3v) is 5.17. The fourth-order valence-corrected chi connectivity index (χ4v) is 3.85. The van der Waals surface area contributed by atoms with E-state index < -0.39 is 0 Å². The van der Waals surface area contributed by atoms with Crippen LogP contribution in [0, 0.1) is 6.92 Å². The number of rotatable bonds is 3. The molecular formula is C21H16O2S.